The Morgan fingerprint density at radius 3 is 2.30 bits per heavy atom. The molecule has 4 heteroatoms. The number of nitrogens with one attached hydrogen (secondary N) is 1. The van der Waals surface area contributed by atoms with Crippen LogP contribution in [0, 0.1) is 6.92 Å². The number of anilines is 1. The van der Waals surface area contributed by atoms with E-state index in [0.29, 0.717) is 0 Å². The van der Waals surface area contributed by atoms with Gasteiger partial charge in [-0.15, -0.1) is 12.4 Å². The lowest BCUT2D eigenvalue weighted by Gasteiger charge is -1.98. The van der Waals surface area contributed by atoms with Crippen molar-refractivity contribution in [3.8, 4) is 0 Å². The molecule has 1 rings (SSSR count). The molecule has 56 valence electrons. The van der Waals surface area contributed by atoms with Gasteiger partial charge in [0.15, 0.2) is 0 Å². The van der Waals surface area contributed by atoms with E-state index in [1.807, 2.05) is 14.0 Å². The molecule has 0 saturated heterocycles. The van der Waals surface area contributed by atoms with E-state index in [4.69, 9.17) is 0 Å². The highest BCUT2D eigenvalue weighted by Gasteiger charge is 1.92. The molecule has 0 spiro atoms. The van der Waals surface area contributed by atoms with Crippen molar-refractivity contribution < 1.29 is 0 Å². The summed E-state index contributed by atoms with van der Waals surface area (Å²) in [5.74, 6) is 0.845. The van der Waals surface area contributed by atoms with Gasteiger partial charge in [-0.05, 0) is 6.92 Å². The van der Waals surface area contributed by atoms with Crippen molar-refractivity contribution in [3.63, 3.8) is 0 Å². The van der Waals surface area contributed by atoms with Crippen molar-refractivity contribution >= 4 is 18.2 Å². The van der Waals surface area contributed by atoms with Gasteiger partial charge in [0.05, 0.1) is 5.69 Å². The van der Waals surface area contributed by atoms with Crippen LogP contribution in [-0.2, 0) is 0 Å². The second-order valence-electron chi connectivity index (χ2n) is 1.74. The molecule has 0 aliphatic carbocycles. The van der Waals surface area contributed by atoms with Crippen LogP contribution in [0.15, 0.2) is 12.4 Å². The Balaban J connectivity index is 0.000000810. The molecule has 1 heterocycles. The van der Waals surface area contributed by atoms with Gasteiger partial charge in [-0.3, -0.25) is 4.98 Å². The topological polar surface area (TPSA) is 37.8 Å². The van der Waals surface area contributed by atoms with Crippen LogP contribution in [0.1, 0.15) is 5.69 Å². The first-order valence-electron chi connectivity index (χ1n) is 2.80. The number of halogens is 1. The summed E-state index contributed by atoms with van der Waals surface area (Å²) in [4.78, 5) is 8.05. The molecule has 1 N–H and O–H groups in total. The molecule has 1 aromatic rings. The number of rotatable bonds is 1. The summed E-state index contributed by atoms with van der Waals surface area (Å²) in [5.41, 5.74) is 0.931. The van der Waals surface area contributed by atoms with E-state index in [9.17, 15) is 0 Å². The lowest BCUT2D eigenvalue weighted by atomic mass is 10.4. The van der Waals surface area contributed by atoms with Gasteiger partial charge in [0.25, 0.3) is 0 Å². The molecular weight excluding hydrogens is 150 g/mol. The number of aromatic nitrogens is 2. The molecule has 0 radical (unpaired) electrons. The van der Waals surface area contributed by atoms with Gasteiger partial charge >= 0.3 is 0 Å². The van der Waals surface area contributed by atoms with Gasteiger partial charge in [-0.2, -0.15) is 0 Å². The number of hydrogen-bond donors (Lipinski definition) is 1. The van der Waals surface area contributed by atoms with Gasteiger partial charge in [0.2, 0.25) is 0 Å². The Hall–Kier alpha value is -0.830. The maximum absolute atomic E-state index is 4.02. The molecule has 0 unspecified atom stereocenters. The molecule has 0 atom stereocenters. The van der Waals surface area contributed by atoms with Crippen LogP contribution in [0.2, 0.25) is 0 Å². The first-order valence-corrected chi connectivity index (χ1v) is 2.80. The Bertz CT molecular complexity index is 202. The number of nitrogens with zero attached hydrogens (tertiary/aromatic N) is 2. The monoisotopic (exact) mass is 159 g/mol. The quantitative estimate of drug-likeness (QED) is 0.670. The highest BCUT2D eigenvalue weighted by atomic mass is 35.5. The second kappa shape index (κ2) is 4.06. The van der Waals surface area contributed by atoms with Crippen LogP contribution >= 0.6 is 12.4 Å². The van der Waals surface area contributed by atoms with Crippen molar-refractivity contribution in [2.24, 2.45) is 0 Å². The number of aryl methyl sites for hydroxylation is 1. The first kappa shape index (κ1) is 9.17. The van der Waals surface area contributed by atoms with Crippen molar-refractivity contribution in [3.05, 3.63) is 18.1 Å². The van der Waals surface area contributed by atoms with E-state index in [2.05, 4.69) is 15.3 Å². The summed E-state index contributed by atoms with van der Waals surface area (Å²) < 4.78 is 0. The lowest BCUT2D eigenvalue weighted by molar-refractivity contribution is 1.11. The fourth-order valence-electron chi connectivity index (χ4n) is 0.653. The molecule has 0 bridgehead atoms. The van der Waals surface area contributed by atoms with Gasteiger partial charge < -0.3 is 5.32 Å². The summed E-state index contributed by atoms with van der Waals surface area (Å²) in [7, 11) is 1.83. The average molecular weight is 160 g/mol. The summed E-state index contributed by atoms with van der Waals surface area (Å²) >= 11 is 0. The van der Waals surface area contributed by atoms with Gasteiger partial charge in [-0.1, -0.05) is 0 Å². The minimum atomic E-state index is 0. The zero-order chi connectivity index (χ0) is 6.69. The maximum Gasteiger partial charge on any atom is 0.147 e. The molecule has 0 aliphatic heterocycles. The van der Waals surface area contributed by atoms with Crippen LogP contribution in [0.4, 0.5) is 5.82 Å². The fraction of sp³-hybridized carbons (Fsp3) is 0.333. The van der Waals surface area contributed by atoms with Crippen LogP contribution in [0.5, 0.6) is 0 Å². The normalized spacial score (nSPS) is 8.20. The van der Waals surface area contributed by atoms with E-state index in [-0.39, 0.29) is 12.4 Å². The molecule has 3 nitrogen and oxygen atoms in total. The fourth-order valence-corrected chi connectivity index (χ4v) is 0.653. The second-order valence-corrected chi connectivity index (χ2v) is 1.74. The highest BCUT2D eigenvalue weighted by molar-refractivity contribution is 5.85. The van der Waals surface area contributed by atoms with Crippen LogP contribution in [0.3, 0.4) is 0 Å². The summed E-state index contributed by atoms with van der Waals surface area (Å²) in [5, 5.41) is 2.92. The van der Waals surface area contributed by atoms with Gasteiger partial charge in [-0.25, -0.2) is 4.98 Å². The third-order valence-electron chi connectivity index (χ3n) is 1.12. The van der Waals surface area contributed by atoms with E-state index in [1.54, 1.807) is 12.4 Å². The van der Waals surface area contributed by atoms with Crippen LogP contribution in [-0.4, -0.2) is 17.0 Å². The molecule has 0 saturated carbocycles. The van der Waals surface area contributed by atoms with Crippen LogP contribution < -0.4 is 5.32 Å². The molecular formula is C6H10ClN3. The standard InChI is InChI=1S/C6H9N3.ClH/c1-5-6(7-2)9-4-3-8-5;/h3-4H,1-2H3,(H,7,9);1H. The zero-order valence-electron chi connectivity index (χ0n) is 5.96. The number of hydrogen-bond acceptors (Lipinski definition) is 3. The predicted molar refractivity (Wildman–Crippen MR) is 43.6 cm³/mol. The zero-order valence-corrected chi connectivity index (χ0v) is 6.77. The SMILES string of the molecule is CNc1nccnc1C.Cl. The summed E-state index contributed by atoms with van der Waals surface area (Å²) in [6, 6.07) is 0. The predicted octanol–water partition coefficient (Wildman–Crippen LogP) is 1.25. The van der Waals surface area contributed by atoms with Crippen molar-refractivity contribution in [1.82, 2.24) is 9.97 Å². The lowest BCUT2D eigenvalue weighted by Crippen LogP contribution is -1.95. The van der Waals surface area contributed by atoms with Crippen molar-refractivity contribution in [1.29, 1.82) is 0 Å². The van der Waals surface area contributed by atoms with E-state index in [0.717, 1.165) is 11.5 Å². The van der Waals surface area contributed by atoms with E-state index in [1.165, 1.54) is 0 Å². The van der Waals surface area contributed by atoms with E-state index >= 15 is 0 Å². The Labute approximate surface area is 66.3 Å². The average Bonchev–Trinajstić information content (AvgIpc) is 1.89. The Morgan fingerprint density at radius 1 is 1.30 bits per heavy atom. The molecule has 10 heavy (non-hydrogen) atoms. The van der Waals surface area contributed by atoms with E-state index < -0.39 is 0 Å². The van der Waals surface area contributed by atoms with Gasteiger partial charge in [0, 0.05) is 19.4 Å². The summed E-state index contributed by atoms with van der Waals surface area (Å²) in [6.45, 7) is 1.92. The molecule has 0 aliphatic rings. The van der Waals surface area contributed by atoms with Crippen molar-refractivity contribution in [2.45, 2.75) is 6.92 Å². The third-order valence-corrected chi connectivity index (χ3v) is 1.12. The third kappa shape index (κ3) is 1.84. The van der Waals surface area contributed by atoms with Gasteiger partial charge in [0.1, 0.15) is 5.82 Å². The highest BCUT2D eigenvalue weighted by Crippen LogP contribution is 2.02. The molecule has 1 aromatic heterocycles. The van der Waals surface area contributed by atoms with Crippen molar-refractivity contribution in [2.75, 3.05) is 12.4 Å². The minimum Gasteiger partial charge on any atom is -0.372 e. The summed E-state index contributed by atoms with van der Waals surface area (Å²) in [6.07, 6.45) is 3.34. The molecule has 0 amide bonds. The largest absolute Gasteiger partial charge is 0.372 e. The first-order chi connectivity index (χ1) is 4.34. The molecule has 0 fully saturated rings. The molecule has 0 aromatic carbocycles. The smallest absolute Gasteiger partial charge is 0.147 e. The van der Waals surface area contributed by atoms with Crippen LogP contribution in [0.25, 0.3) is 0 Å². The Kier molecular flexibility index (Phi) is 3.72. The minimum absolute atomic E-state index is 0. The Morgan fingerprint density at radius 2 is 1.90 bits per heavy atom. The maximum atomic E-state index is 4.02.